The summed E-state index contributed by atoms with van der Waals surface area (Å²) in [5.74, 6) is 1.51. The number of ether oxygens (including phenoxy) is 5. The van der Waals surface area contributed by atoms with Gasteiger partial charge in [0.25, 0.3) is 5.56 Å². The highest BCUT2D eigenvalue weighted by Gasteiger charge is 2.34. The van der Waals surface area contributed by atoms with E-state index in [0.29, 0.717) is 65.3 Å². The van der Waals surface area contributed by atoms with Crippen LogP contribution in [-0.4, -0.2) is 37.5 Å². The average molecular weight is 742 g/mol. The summed E-state index contributed by atoms with van der Waals surface area (Å²) in [6.45, 7) is 7.81. The number of allylic oxidation sites excluding steroid dienone is 1. The fourth-order valence-electron chi connectivity index (χ4n) is 5.13. The number of carbonyl (C=O) groups is 1. The van der Waals surface area contributed by atoms with Crippen LogP contribution in [0.4, 0.5) is 0 Å². The molecular weight excluding hydrogens is 708 g/mol. The highest BCUT2D eigenvalue weighted by atomic mass is 79.9. The minimum absolute atomic E-state index is 0.0771. The van der Waals surface area contributed by atoms with Crippen LogP contribution in [0.3, 0.4) is 0 Å². The Morgan fingerprint density at radius 3 is 2.40 bits per heavy atom. The lowest BCUT2D eigenvalue weighted by Crippen LogP contribution is -2.40. The van der Waals surface area contributed by atoms with Gasteiger partial charge in [-0.3, -0.25) is 9.36 Å². The first-order valence-electron chi connectivity index (χ1n) is 14.8. The molecular formula is C35H34BrClN2O7S. The number of rotatable bonds is 11. The predicted molar refractivity (Wildman–Crippen MR) is 186 cm³/mol. The minimum Gasteiger partial charge on any atom is -0.493 e. The molecule has 2 heterocycles. The minimum atomic E-state index is -0.809. The van der Waals surface area contributed by atoms with E-state index in [9.17, 15) is 9.59 Å². The summed E-state index contributed by atoms with van der Waals surface area (Å²) < 4.78 is 31.3. The van der Waals surface area contributed by atoms with Crippen molar-refractivity contribution in [1.82, 2.24) is 4.57 Å². The Hall–Kier alpha value is -4.06. The molecule has 47 heavy (non-hydrogen) atoms. The first-order valence-corrected chi connectivity index (χ1v) is 16.8. The van der Waals surface area contributed by atoms with Gasteiger partial charge in [0.1, 0.15) is 6.61 Å². The SMILES string of the molecule is CCOC(=O)C1=C(C)N=c2s/c(=C\c3cc(OC)c(OCc4ccc(Cl)cc4)cc3Br)c(=O)n2[C@@H]1c1ccc(OC(C)C)c(OC)c1. The molecule has 0 amide bonds. The van der Waals surface area contributed by atoms with Crippen molar-refractivity contribution in [1.29, 1.82) is 0 Å². The number of halogens is 2. The summed E-state index contributed by atoms with van der Waals surface area (Å²) in [7, 11) is 3.10. The van der Waals surface area contributed by atoms with Gasteiger partial charge in [-0.1, -0.05) is 57.1 Å². The summed E-state index contributed by atoms with van der Waals surface area (Å²) >= 11 is 10.9. The number of esters is 1. The first-order chi connectivity index (χ1) is 22.5. The van der Waals surface area contributed by atoms with E-state index in [-0.39, 0.29) is 23.8 Å². The van der Waals surface area contributed by atoms with Gasteiger partial charge in [-0.15, -0.1) is 0 Å². The van der Waals surface area contributed by atoms with E-state index in [1.165, 1.54) is 15.9 Å². The van der Waals surface area contributed by atoms with Crippen molar-refractivity contribution in [2.45, 2.75) is 46.4 Å². The zero-order chi connectivity index (χ0) is 33.8. The van der Waals surface area contributed by atoms with Gasteiger partial charge in [-0.05, 0) is 86.9 Å². The Balaban J connectivity index is 1.59. The molecule has 1 aliphatic heterocycles. The molecule has 5 rings (SSSR count). The maximum atomic E-state index is 14.2. The lowest BCUT2D eigenvalue weighted by atomic mass is 9.95. The fourth-order valence-corrected chi connectivity index (χ4v) is 6.73. The van der Waals surface area contributed by atoms with E-state index in [0.717, 1.165) is 5.56 Å². The number of fused-ring (bicyclic) bond motifs is 1. The number of hydrogen-bond acceptors (Lipinski definition) is 9. The molecule has 4 aromatic rings. The van der Waals surface area contributed by atoms with Crippen molar-refractivity contribution in [2.24, 2.45) is 4.99 Å². The zero-order valence-electron chi connectivity index (χ0n) is 26.8. The van der Waals surface area contributed by atoms with Crippen LogP contribution < -0.4 is 33.8 Å². The fraction of sp³-hybridized carbons (Fsp3) is 0.286. The van der Waals surface area contributed by atoms with Crippen molar-refractivity contribution in [2.75, 3.05) is 20.8 Å². The van der Waals surface area contributed by atoms with Crippen molar-refractivity contribution < 1.29 is 28.5 Å². The Morgan fingerprint density at radius 1 is 1.04 bits per heavy atom. The standard InChI is InChI=1S/C35H34BrClN2O7S/c1-7-44-34(41)31-20(4)38-35-39(32(31)22-10-13-26(46-19(2)3)27(14-22)42-5)33(40)30(47-35)16-23-15-28(43-6)29(17-25(23)36)45-18-21-8-11-24(37)12-9-21/h8-17,19,32H,7,18H2,1-6H3/b30-16-/t32-/m1/s1. The molecule has 0 spiro atoms. The highest BCUT2D eigenvalue weighted by Crippen LogP contribution is 2.37. The predicted octanol–water partition coefficient (Wildman–Crippen LogP) is 6.60. The van der Waals surface area contributed by atoms with Crippen LogP contribution in [0.2, 0.25) is 5.02 Å². The topological polar surface area (TPSA) is 97.6 Å². The van der Waals surface area contributed by atoms with Crippen LogP contribution in [0, 0.1) is 0 Å². The van der Waals surface area contributed by atoms with Gasteiger partial charge < -0.3 is 23.7 Å². The molecule has 0 saturated heterocycles. The molecule has 0 fully saturated rings. The maximum absolute atomic E-state index is 14.2. The number of hydrogen-bond donors (Lipinski definition) is 0. The largest absolute Gasteiger partial charge is 0.493 e. The van der Waals surface area contributed by atoms with Crippen LogP contribution in [0.15, 0.2) is 80.1 Å². The van der Waals surface area contributed by atoms with E-state index < -0.39 is 12.0 Å². The molecule has 12 heteroatoms. The third-order valence-corrected chi connectivity index (χ3v) is 9.18. The lowest BCUT2D eigenvalue weighted by molar-refractivity contribution is -0.139. The van der Waals surface area contributed by atoms with Crippen molar-refractivity contribution >= 4 is 50.9 Å². The summed E-state index contributed by atoms with van der Waals surface area (Å²) in [6.07, 6.45) is 1.69. The van der Waals surface area contributed by atoms with Gasteiger partial charge >= 0.3 is 5.97 Å². The zero-order valence-corrected chi connectivity index (χ0v) is 29.9. The number of benzene rings is 3. The number of methoxy groups -OCH3 is 2. The van der Waals surface area contributed by atoms with Gasteiger partial charge in [0.15, 0.2) is 27.8 Å². The van der Waals surface area contributed by atoms with Crippen molar-refractivity contribution in [3.63, 3.8) is 0 Å². The summed E-state index contributed by atoms with van der Waals surface area (Å²) in [4.78, 5) is 32.6. The van der Waals surface area contributed by atoms with E-state index in [4.69, 9.17) is 35.3 Å². The van der Waals surface area contributed by atoms with Crippen LogP contribution >= 0.6 is 38.9 Å². The second kappa shape index (κ2) is 14.8. The van der Waals surface area contributed by atoms with Crippen LogP contribution in [0.1, 0.15) is 50.4 Å². The molecule has 0 N–H and O–H groups in total. The van der Waals surface area contributed by atoms with Gasteiger partial charge in [0.05, 0.1) is 48.8 Å². The number of nitrogens with zero attached hydrogens (tertiary/aromatic N) is 2. The smallest absolute Gasteiger partial charge is 0.338 e. The maximum Gasteiger partial charge on any atom is 0.338 e. The number of thiazole rings is 1. The van der Waals surface area contributed by atoms with Crippen LogP contribution in [0.25, 0.3) is 6.08 Å². The van der Waals surface area contributed by atoms with Crippen molar-refractivity contribution in [3.8, 4) is 23.0 Å². The molecule has 0 unspecified atom stereocenters. The van der Waals surface area contributed by atoms with Gasteiger partial charge in [-0.25, -0.2) is 9.79 Å². The van der Waals surface area contributed by atoms with E-state index in [1.807, 2.05) is 32.0 Å². The van der Waals surface area contributed by atoms with Gasteiger partial charge in [0.2, 0.25) is 0 Å². The third-order valence-electron chi connectivity index (χ3n) is 7.26. The monoisotopic (exact) mass is 740 g/mol. The third kappa shape index (κ3) is 7.42. The Bertz CT molecular complexity index is 2020. The first kappa shape index (κ1) is 34.3. The molecule has 0 aliphatic carbocycles. The van der Waals surface area contributed by atoms with Crippen LogP contribution in [-0.2, 0) is 16.1 Å². The lowest BCUT2D eigenvalue weighted by Gasteiger charge is -2.25. The summed E-state index contributed by atoms with van der Waals surface area (Å²) in [5, 5.41) is 0.649. The Kier molecular flexibility index (Phi) is 10.8. The number of carbonyl (C=O) groups excluding carboxylic acids is 1. The molecule has 9 nitrogen and oxygen atoms in total. The summed E-state index contributed by atoms with van der Waals surface area (Å²) in [6, 6.07) is 15.6. The van der Waals surface area contributed by atoms with Crippen molar-refractivity contribution in [3.05, 3.63) is 112 Å². The molecule has 1 atom stereocenters. The number of aromatic nitrogens is 1. The van der Waals surface area contributed by atoms with E-state index in [1.54, 1.807) is 70.5 Å². The van der Waals surface area contributed by atoms with Gasteiger partial charge in [-0.2, -0.15) is 0 Å². The van der Waals surface area contributed by atoms with E-state index >= 15 is 0 Å². The summed E-state index contributed by atoms with van der Waals surface area (Å²) in [5.41, 5.74) is 2.71. The average Bonchev–Trinajstić information content (AvgIpc) is 3.34. The molecule has 246 valence electrons. The Labute approximate surface area is 289 Å². The van der Waals surface area contributed by atoms with E-state index in [2.05, 4.69) is 20.9 Å². The molecule has 3 aromatic carbocycles. The van der Waals surface area contributed by atoms with Gasteiger partial charge in [0, 0.05) is 9.50 Å². The highest BCUT2D eigenvalue weighted by molar-refractivity contribution is 9.10. The molecule has 0 radical (unpaired) electrons. The second-order valence-corrected chi connectivity index (χ2v) is 13.1. The molecule has 1 aliphatic rings. The second-order valence-electron chi connectivity index (χ2n) is 10.8. The van der Waals surface area contributed by atoms with Crippen LogP contribution in [0.5, 0.6) is 23.0 Å². The normalized spacial score (nSPS) is 14.5. The molecule has 0 saturated carbocycles. The molecule has 1 aromatic heterocycles. The molecule has 0 bridgehead atoms. The quantitative estimate of drug-likeness (QED) is 0.160. The Morgan fingerprint density at radius 2 is 1.74 bits per heavy atom.